The molecule has 3 heteroatoms. The van der Waals surface area contributed by atoms with Gasteiger partial charge in [0.2, 0.25) is 0 Å². The second-order valence-corrected chi connectivity index (χ2v) is 4.07. The largest absolute Gasteiger partial charge is 0.192 e. The van der Waals surface area contributed by atoms with E-state index in [1.165, 1.54) is 11.3 Å². The van der Waals surface area contributed by atoms with Gasteiger partial charge in [0.1, 0.15) is 10.9 Å². The van der Waals surface area contributed by atoms with Crippen LogP contribution in [-0.4, -0.2) is 0 Å². The van der Waals surface area contributed by atoms with E-state index >= 15 is 0 Å². The molecule has 0 aliphatic carbocycles. The van der Waals surface area contributed by atoms with E-state index in [1.807, 2.05) is 19.1 Å². The summed E-state index contributed by atoms with van der Waals surface area (Å²) in [5.74, 6) is 0. The van der Waals surface area contributed by atoms with E-state index < -0.39 is 0 Å². The van der Waals surface area contributed by atoms with Crippen molar-refractivity contribution < 1.29 is 0 Å². The fourth-order valence-corrected chi connectivity index (χ4v) is 2.34. The highest BCUT2D eigenvalue weighted by atomic mass is 32.1. The molecule has 2 nitrogen and oxygen atoms in total. The summed E-state index contributed by atoms with van der Waals surface area (Å²) in [7, 11) is 0. The van der Waals surface area contributed by atoms with E-state index in [9.17, 15) is 0 Å². The van der Waals surface area contributed by atoms with Gasteiger partial charge in [-0.25, -0.2) is 0 Å². The Bertz CT molecular complexity index is 582. The zero-order chi connectivity index (χ0) is 10.1. The molecular weight excluding hydrogens is 192 g/mol. The second kappa shape index (κ2) is 3.14. The standard InChI is InChI=1S/C11H6N2S/c1-7-8(5-12)2-3-11-10(7)4-9(6-13)14-11/h2-4H,1H3. The van der Waals surface area contributed by atoms with Crippen molar-refractivity contribution in [1.82, 2.24) is 0 Å². The van der Waals surface area contributed by atoms with Gasteiger partial charge in [0.25, 0.3) is 0 Å². The van der Waals surface area contributed by atoms with Crippen molar-refractivity contribution in [3.8, 4) is 12.1 Å². The smallest absolute Gasteiger partial charge is 0.110 e. The quantitative estimate of drug-likeness (QED) is 0.653. The van der Waals surface area contributed by atoms with E-state index in [1.54, 1.807) is 6.07 Å². The number of nitrogens with zero attached hydrogens (tertiary/aromatic N) is 2. The minimum atomic E-state index is 0.680. The number of hydrogen-bond donors (Lipinski definition) is 0. The first kappa shape index (κ1) is 8.74. The van der Waals surface area contributed by atoms with Crippen LogP contribution in [0.25, 0.3) is 10.1 Å². The van der Waals surface area contributed by atoms with Gasteiger partial charge in [0, 0.05) is 4.70 Å². The first-order valence-corrected chi connectivity index (χ1v) is 4.91. The van der Waals surface area contributed by atoms with Crippen molar-refractivity contribution in [3.63, 3.8) is 0 Å². The average molecular weight is 198 g/mol. The molecule has 0 N–H and O–H groups in total. The third-order valence-corrected chi connectivity index (χ3v) is 3.21. The summed E-state index contributed by atoms with van der Waals surface area (Å²) >= 11 is 1.46. The summed E-state index contributed by atoms with van der Waals surface area (Å²) in [5, 5.41) is 18.6. The van der Waals surface area contributed by atoms with Crippen LogP contribution in [0, 0.1) is 29.6 Å². The van der Waals surface area contributed by atoms with Crippen molar-refractivity contribution in [3.05, 3.63) is 34.2 Å². The molecule has 1 heterocycles. The Kier molecular flexibility index (Phi) is 1.96. The van der Waals surface area contributed by atoms with Crippen molar-refractivity contribution in [2.24, 2.45) is 0 Å². The number of nitriles is 2. The van der Waals surface area contributed by atoms with Crippen LogP contribution in [0.2, 0.25) is 0 Å². The van der Waals surface area contributed by atoms with E-state index in [4.69, 9.17) is 10.5 Å². The van der Waals surface area contributed by atoms with Crippen LogP contribution in [-0.2, 0) is 0 Å². The van der Waals surface area contributed by atoms with Crippen LogP contribution in [0.3, 0.4) is 0 Å². The molecule has 0 atom stereocenters. The molecule has 2 aromatic rings. The van der Waals surface area contributed by atoms with E-state index in [2.05, 4.69) is 12.1 Å². The number of aryl methyl sites for hydroxylation is 1. The fourth-order valence-electron chi connectivity index (χ4n) is 1.43. The van der Waals surface area contributed by atoms with Crippen LogP contribution in [0.5, 0.6) is 0 Å². The molecule has 0 radical (unpaired) electrons. The lowest BCUT2D eigenvalue weighted by Gasteiger charge is -1.97. The number of rotatable bonds is 0. The summed E-state index contributed by atoms with van der Waals surface area (Å²) in [6.07, 6.45) is 0. The summed E-state index contributed by atoms with van der Waals surface area (Å²) in [5.41, 5.74) is 1.64. The Labute approximate surface area is 85.6 Å². The molecule has 0 aliphatic heterocycles. The van der Waals surface area contributed by atoms with Gasteiger partial charge in [-0.2, -0.15) is 10.5 Å². The van der Waals surface area contributed by atoms with Gasteiger partial charge in [0.05, 0.1) is 11.6 Å². The van der Waals surface area contributed by atoms with Crippen LogP contribution in [0.4, 0.5) is 0 Å². The average Bonchev–Trinajstić information content (AvgIpc) is 2.62. The van der Waals surface area contributed by atoms with Crippen molar-refractivity contribution >= 4 is 21.4 Å². The number of fused-ring (bicyclic) bond motifs is 1. The predicted octanol–water partition coefficient (Wildman–Crippen LogP) is 2.95. The molecule has 2 rings (SSSR count). The summed E-state index contributed by atoms with van der Waals surface area (Å²) in [6, 6.07) is 9.79. The number of benzene rings is 1. The SMILES string of the molecule is Cc1c(C#N)ccc2sc(C#N)cc12. The Morgan fingerprint density at radius 2 is 2.00 bits per heavy atom. The van der Waals surface area contributed by atoms with Gasteiger partial charge in [-0.3, -0.25) is 0 Å². The van der Waals surface area contributed by atoms with Gasteiger partial charge in [-0.05, 0) is 36.1 Å². The van der Waals surface area contributed by atoms with Gasteiger partial charge in [-0.15, -0.1) is 11.3 Å². The maximum atomic E-state index is 8.83. The van der Waals surface area contributed by atoms with Gasteiger partial charge in [-0.1, -0.05) is 0 Å². The first-order valence-electron chi connectivity index (χ1n) is 4.09. The number of thiophene rings is 1. The summed E-state index contributed by atoms with van der Waals surface area (Å²) in [6.45, 7) is 1.91. The highest BCUT2D eigenvalue weighted by Crippen LogP contribution is 2.29. The van der Waals surface area contributed by atoms with Crippen LogP contribution in [0.15, 0.2) is 18.2 Å². The zero-order valence-corrected chi connectivity index (χ0v) is 8.35. The molecule has 0 aliphatic rings. The second-order valence-electron chi connectivity index (χ2n) is 2.98. The normalized spacial score (nSPS) is 9.64. The predicted molar refractivity (Wildman–Crippen MR) is 56.0 cm³/mol. The van der Waals surface area contributed by atoms with Crippen molar-refractivity contribution in [2.75, 3.05) is 0 Å². The third-order valence-electron chi connectivity index (χ3n) is 2.20. The molecule has 0 saturated heterocycles. The molecule has 0 saturated carbocycles. The maximum Gasteiger partial charge on any atom is 0.110 e. The van der Waals surface area contributed by atoms with Gasteiger partial charge < -0.3 is 0 Å². The molecular formula is C11H6N2S. The minimum absolute atomic E-state index is 0.680. The van der Waals surface area contributed by atoms with Crippen molar-refractivity contribution in [1.29, 1.82) is 10.5 Å². The van der Waals surface area contributed by atoms with Gasteiger partial charge in [0.15, 0.2) is 0 Å². The first-order chi connectivity index (χ1) is 6.76. The van der Waals surface area contributed by atoms with Crippen LogP contribution < -0.4 is 0 Å². The summed E-state index contributed by atoms with van der Waals surface area (Å²) in [4.78, 5) is 0.693. The topological polar surface area (TPSA) is 47.6 Å². The van der Waals surface area contributed by atoms with E-state index in [-0.39, 0.29) is 0 Å². The van der Waals surface area contributed by atoms with E-state index in [0.717, 1.165) is 15.6 Å². The molecule has 0 spiro atoms. The van der Waals surface area contributed by atoms with E-state index in [0.29, 0.717) is 10.4 Å². The van der Waals surface area contributed by atoms with Crippen molar-refractivity contribution in [2.45, 2.75) is 6.92 Å². The van der Waals surface area contributed by atoms with Crippen LogP contribution in [0.1, 0.15) is 16.0 Å². The Hall–Kier alpha value is -1.84. The fraction of sp³-hybridized carbons (Fsp3) is 0.0909. The maximum absolute atomic E-state index is 8.83. The summed E-state index contributed by atoms with van der Waals surface area (Å²) < 4.78 is 1.07. The lowest BCUT2D eigenvalue weighted by Crippen LogP contribution is -1.80. The Morgan fingerprint density at radius 3 is 2.64 bits per heavy atom. The highest BCUT2D eigenvalue weighted by molar-refractivity contribution is 7.19. The molecule has 0 bridgehead atoms. The molecule has 1 aromatic heterocycles. The number of hydrogen-bond acceptors (Lipinski definition) is 3. The monoisotopic (exact) mass is 198 g/mol. The zero-order valence-electron chi connectivity index (χ0n) is 7.53. The molecule has 14 heavy (non-hydrogen) atoms. The van der Waals surface area contributed by atoms with Crippen LogP contribution >= 0.6 is 11.3 Å². The minimum Gasteiger partial charge on any atom is -0.192 e. The lowest BCUT2D eigenvalue weighted by atomic mass is 10.1. The molecule has 0 amide bonds. The Morgan fingerprint density at radius 1 is 1.21 bits per heavy atom. The molecule has 0 fully saturated rings. The molecule has 0 unspecified atom stereocenters. The highest BCUT2D eigenvalue weighted by Gasteiger charge is 2.06. The lowest BCUT2D eigenvalue weighted by molar-refractivity contribution is 1.43. The van der Waals surface area contributed by atoms with Gasteiger partial charge >= 0.3 is 0 Å². The molecule has 66 valence electrons. The molecule has 1 aromatic carbocycles. The third kappa shape index (κ3) is 1.16. The Balaban J connectivity index is 2.85.